The molecule has 1 amide bonds. The molecule has 1 N–H and O–H groups in total. The fourth-order valence-corrected chi connectivity index (χ4v) is 5.35. The van der Waals surface area contributed by atoms with E-state index in [1.54, 1.807) is 6.92 Å². The molecule has 0 aliphatic carbocycles. The maximum atomic E-state index is 14.2. The van der Waals surface area contributed by atoms with Gasteiger partial charge in [-0.05, 0) is 24.5 Å². The number of hydrogen-bond acceptors (Lipinski definition) is 7. The van der Waals surface area contributed by atoms with E-state index >= 15 is 0 Å². The van der Waals surface area contributed by atoms with Gasteiger partial charge < -0.3 is 0 Å². The Hall–Kier alpha value is -1.72. The molecular weight excluding hydrogens is 423 g/mol. The molecule has 154 valence electrons. The SMILES string of the molecule is CC[C@@H](C(=O)Nc1nnc(SCC(C)C)s1)N(c1ccccc1F)S(C)(=O)=O. The molecule has 0 aliphatic heterocycles. The molecule has 11 heteroatoms. The van der Waals surface area contributed by atoms with Gasteiger partial charge in [0, 0.05) is 5.75 Å². The van der Waals surface area contributed by atoms with Crippen LogP contribution in [0.15, 0.2) is 28.6 Å². The molecule has 0 spiro atoms. The van der Waals surface area contributed by atoms with Crippen LogP contribution in [-0.4, -0.2) is 42.6 Å². The van der Waals surface area contributed by atoms with Gasteiger partial charge in [-0.15, -0.1) is 10.2 Å². The zero-order valence-electron chi connectivity index (χ0n) is 16.0. The van der Waals surface area contributed by atoms with Gasteiger partial charge in [-0.3, -0.25) is 14.4 Å². The molecule has 7 nitrogen and oxygen atoms in total. The van der Waals surface area contributed by atoms with Crippen LogP contribution in [0.3, 0.4) is 0 Å². The van der Waals surface area contributed by atoms with Crippen molar-refractivity contribution in [2.45, 2.75) is 37.6 Å². The summed E-state index contributed by atoms with van der Waals surface area (Å²) in [6.07, 6.45) is 1.10. The first-order chi connectivity index (χ1) is 13.1. The predicted molar refractivity (Wildman–Crippen MR) is 112 cm³/mol. The van der Waals surface area contributed by atoms with Gasteiger partial charge in [0.25, 0.3) is 0 Å². The van der Waals surface area contributed by atoms with Crippen molar-refractivity contribution in [3.8, 4) is 0 Å². The highest BCUT2D eigenvalue weighted by Gasteiger charge is 2.33. The van der Waals surface area contributed by atoms with E-state index in [1.165, 1.54) is 41.3 Å². The van der Waals surface area contributed by atoms with Crippen molar-refractivity contribution in [2.24, 2.45) is 5.92 Å². The molecule has 0 radical (unpaired) electrons. The Balaban J connectivity index is 2.24. The molecule has 1 atom stereocenters. The second-order valence-electron chi connectivity index (χ2n) is 6.50. The Morgan fingerprint density at radius 1 is 1.32 bits per heavy atom. The van der Waals surface area contributed by atoms with Gasteiger partial charge in [-0.2, -0.15) is 0 Å². The van der Waals surface area contributed by atoms with Gasteiger partial charge in [0.2, 0.25) is 21.1 Å². The van der Waals surface area contributed by atoms with Crippen molar-refractivity contribution >= 4 is 49.8 Å². The van der Waals surface area contributed by atoms with Gasteiger partial charge in [0.05, 0.1) is 11.9 Å². The molecule has 0 bridgehead atoms. The quantitative estimate of drug-likeness (QED) is 0.467. The molecule has 0 aliphatic rings. The molecule has 1 heterocycles. The number of anilines is 2. The average molecular weight is 447 g/mol. The Labute approximate surface area is 172 Å². The normalized spacial score (nSPS) is 12.8. The third-order valence-corrected chi connectivity index (χ3v) is 7.16. The predicted octanol–water partition coefficient (Wildman–Crippen LogP) is 3.61. The fraction of sp³-hybridized carbons (Fsp3) is 0.471. The molecule has 2 aromatic rings. The molecule has 1 aromatic carbocycles. The lowest BCUT2D eigenvalue weighted by atomic mass is 10.2. The number of hydrogen-bond donors (Lipinski definition) is 1. The lowest BCUT2D eigenvalue weighted by molar-refractivity contribution is -0.117. The number of carbonyl (C=O) groups is 1. The number of rotatable bonds is 9. The van der Waals surface area contributed by atoms with E-state index in [2.05, 4.69) is 29.4 Å². The summed E-state index contributed by atoms with van der Waals surface area (Å²) >= 11 is 2.75. The molecular formula is C17H23FN4O3S3. The van der Waals surface area contributed by atoms with Crippen LogP contribution in [0.2, 0.25) is 0 Å². The third-order valence-electron chi connectivity index (χ3n) is 3.60. The largest absolute Gasteiger partial charge is 0.299 e. The van der Waals surface area contributed by atoms with Gasteiger partial charge in [-0.1, -0.05) is 56.0 Å². The first kappa shape index (κ1) is 22.6. The molecule has 0 unspecified atom stereocenters. The standard InChI is InChI=1S/C17H23FN4O3S3/c1-5-13(22(28(4,24)25)14-9-7-6-8-12(14)18)15(23)19-16-20-21-17(27-16)26-10-11(2)3/h6-9,11,13H,5,10H2,1-4H3,(H,19,20,23)/t13-/m0/s1. The fourth-order valence-electron chi connectivity index (χ4n) is 2.41. The minimum absolute atomic E-state index is 0.154. The summed E-state index contributed by atoms with van der Waals surface area (Å²) < 4.78 is 40.5. The van der Waals surface area contributed by atoms with Crippen molar-refractivity contribution < 1.29 is 17.6 Å². The van der Waals surface area contributed by atoms with Gasteiger partial charge in [0.15, 0.2) is 4.34 Å². The van der Waals surface area contributed by atoms with Crippen molar-refractivity contribution in [1.82, 2.24) is 10.2 Å². The van der Waals surface area contributed by atoms with E-state index < -0.39 is 27.8 Å². The molecule has 1 aromatic heterocycles. The maximum Gasteiger partial charge on any atom is 0.250 e. The highest BCUT2D eigenvalue weighted by atomic mass is 32.2. The minimum Gasteiger partial charge on any atom is -0.299 e. The summed E-state index contributed by atoms with van der Waals surface area (Å²) in [4.78, 5) is 12.8. The van der Waals surface area contributed by atoms with Gasteiger partial charge >= 0.3 is 0 Å². The van der Waals surface area contributed by atoms with Crippen LogP contribution in [0.5, 0.6) is 0 Å². The van der Waals surface area contributed by atoms with Crippen LogP contribution in [0.25, 0.3) is 0 Å². The monoisotopic (exact) mass is 446 g/mol. The minimum atomic E-state index is -3.91. The highest BCUT2D eigenvalue weighted by Crippen LogP contribution is 2.29. The summed E-state index contributed by atoms with van der Waals surface area (Å²) in [6, 6.07) is 4.34. The van der Waals surface area contributed by atoms with Crippen LogP contribution in [0, 0.1) is 11.7 Å². The zero-order chi connectivity index (χ0) is 20.9. The molecule has 28 heavy (non-hydrogen) atoms. The van der Waals surface area contributed by atoms with E-state index in [4.69, 9.17) is 0 Å². The third kappa shape index (κ3) is 5.89. The second kappa shape index (κ2) is 9.66. The molecule has 2 rings (SSSR count). The average Bonchev–Trinajstić information content (AvgIpc) is 3.05. The number of nitrogens with one attached hydrogen (secondary N) is 1. The van der Waals surface area contributed by atoms with E-state index in [0.29, 0.717) is 10.3 Å². The van der Waals surface area contributed by atoms with E-state index in [1.807, 2.05) is 0 Å². The summed E-state index contributed by atoms with van der Waals surface area (Å²) in [5.41, 5.74) is -0.169. The number of nitrogens with zero attached hydrogens (tertiary/aromatic N) is 3. The van der Waals surface area contributed by atoms with Crippen LogP contribution >= 0.6 is 23.1 Å². The molecule has 0 saturated heterocycles. The van der Waals surface area contributed by atoms with Crippen LogP contribution in [0.1, 0.15) is 27.2 Å². The maximum absolute atomic E-state index is 14.2. The van der Waals surface area contributed by atoms with E-state index in [0.717, 1.165) is 22.4 Å². The van der Waals surface area contributed by atoms with Crippen molar-refractivity contribution in [3.63, 3.8) is 0 Å². The van der Waals surface area contributed by atoms with Crippen LogP contribution < -0.4 is 9.62 Å². The summed E-state index contributed by atoms with van der Waals surface area (Å²) in [5, 5.41) is 10.8. The number of carbonyl (C=O) groups excluding carboxylic acids is 1. The summed E-state index contributed by atoms with van der Waals surface area (Å²) in [5.74, 6) is 0.0469. The lowest BCUT2D eigenvalue weighted by Gasteiger charge is -2.29. The Bertz CT molecular complexity index is 918. The molecule has 0 saturated carbocycles. The van der Waals surface area contributed by atoms with Crippen molar-refractivity contribution in [1.29, 1.82) is 0 Å². The number of benzene rings is 1. The Morgan fingerprint density at radius 2 is 2.00 bits per heavy atom. The van der Waals surface area contributed by atoms with Crippen molar-refractivity contribution in [3.05, 3.63) is 30.1 Å². The van der Waals surface area contributed by atoms with E-state index in [9.17, 15) is 17.6 Å². The lowest BCUT2D eigenvalue weighted by Crippen LogP contribution is -2.47. The van der Waals surface area contributed by atoms with Crippen LogP contribution in [0.4, 0.5) is 15.2 Å². The first-order valence-electron chi connectivity index (χ1n) is 8.64. The Kier molecular flexibility index (Phi) is 7.79. The number of halogens is 1. The van der Waals surface area contributed by atoms with E-state index in [-0.39, 0.29) is 17.2 Å². The number of thioether (sulfide) groups is 1. The topological polar surface area (TPSA) is 92.3 Å². The van der Waals surface area contributed by atoms with Crippen LogP contribution in [-0.2, 0) is 14.8 Å². The molecule has 0 fully saturated rings. The number of aromatic nitrogens is 2. The summed E-state index contributed by atoms with van der Waals surface area (Å²) in [6.45, 7) is 5.84. The summed E-state index contributed by atoms with van der Waals surface area (Å²) in [7, 11) is -3.91. The number of para-hydroxylation sites is 1. The van der Waals surface area contributed by atoms with Gasteiger partial charge in [-0.25, -0.2) is 12.8 Å². The number of sulfonamides is 1. The highest BCUT2D eigenvalue weighted by molar-refractivity contribution is 8.01. The Morgan fingerprint density at radius 3 is 2.57 bits per heavy atom. The first-order valence-corrected chi connectivity index (χ1v) is 12.3. The van der Waals surface area contributed by atoms with Crippen molar-refractivity contribution in [2.75, 3.05) is 21.6 Å². The second-order valence-corrected chi connectivity index (χ2v) is 10.6. The van der Waals surface area contributed by atoms with Gasteiger partial charge in [0.1, 0.15) is 11.9 Å². The number of amides is 1. The zero-order valence-corrected chi connectivity index (χ0v) is 18.5. The smallest absolute Gasteiger partial charge is 0.250 e.